The monoisotopic (exact) mass is 352 g/mol. The zero-order valence-electron chi connectivity index (χ0n) is 13.8. The van der Waals surface area contributed by atoms with E-state index in [-0.39, 0.29) is 11.6 Å². The first-order valence-electron chi connectivity index (χ1n) is 7.89. The second kappa shape index (κ2) is 7.98. The van der Waals surface area contributed by atoms with Crippen LogP contribution < -0.4 is 21.1 Å². The average molecular weight is 352 g/mol. The van der Waals surface area contributed by atoms with E-state index in [0.717, 1.165) is 5.56 Å². The number of carbonyl (C=O) groups excluding carboxylic acids is 1. The molecule has 3 rings (SSSR count). The highest BCUT2D eigenvalue weighted by molar-refractivity contribution is 5.89. The minimum absolute atomic E-state index is 0.152. The van der Waals surface area contributed by atoms with Crippen LogP contribution in [0.1, 0.15) is 5.56 Å². The summed E-state index contributed by atoms with van der Waals surface area (Å²) in [4.78, 5) is 16.1. The van der Waals surface area contributed by atoms with Crippen LogP contribution in [0.15, 0.2) is 66.7 Å². The number of ether oxygens (including phenoxy) is 1. The Morgan fingerprint density at radius 1 is 1.04 bits per heavy atom. The van der Waals surface area contributed by atoms with E-state index >= 15 is 0 Å². The molecule has 0 bridgehead atoms. The summed E-state index contributed by atoms with van der Waals surface area (Å²) in [5.41, 5.74) is 7.13. The van der Waals surface area contributed by atoms with E-state index in [1.54, 1.807) is 48.5 Å². The van der Waals surface area contributed by atoms with Crippen molar-refractivity contribution < 1.29 is 13.9 Å². The lowest BCUT2D eigenvalue weighted by Crippen LogP contribution is -2.18. The van der Waals surface area contributed by atoms with E-state index in [4.69, 9.17) is 10.5 Å². The normalized spacial score (nSPS) is 10.2. The van der Waals surface area contributed by atoms with E-state index < -0.39 is 6.09 Å². The molecular formula is C19H17FN4O2. The van der Waals surface area contributed by atoms with Gasteiger partial charge in [0.1, 0.15) is 23.2 Å². The predicted molar refractivity (Wildman–Crippen MR) is 98.5 cm³/mol. The van der Waals surface area contributed by atoms with E-state index in [1.165, 1.54) is 12.1 Å². The largest absolute Gasteiger partial charge is 0.417 e. The maximum absolute atomic E-state index is 12.9. The number of carbonyl (C=O) groups is 1. The van der Waals surface area contributed by atoms with Crippen molar-refractivity contribution in [3.8, 4) is 5.75 Å². The molecule has 4 N–H and O–H groups in total. The number of nitrogen functional groups attached to an aromatic ring is 1. The van der Waals surface area contributed by atoms with Gasteiger partial charge in [-0.2, -0.15) is 0 Å². The molecule has 0 radical (unpaired) electrons. The van der Waals surface area contributed by atoms with Crippen LogP contribution in [0.2, 0.25) is 0 Å². The van der Waals surface area contributed by atoms with Gasteiger partial charge in [-0.1, -0.05) is 30.3 Å². The molecule has 0 aliphatic heterocycles. The number of aromatic nitrogens is 1. The highest BCUT2D eigenvalue weighted by Crippen LogP contribution is 2.20. The molecule has 0 atom stereocenters. The lowest BCUT2D eigenvalue weighted by Gasteiger charge is -2.11. The van der Waals surface area contributed by atoms with Gasteiger partial charge >= 0.3 is 6.09 Å². The summed E-state index contributed by atoms with van der Waals surface area (Å²) < 4.78 is 18.0. The summed E-state index contributed by atoms with van der Waals surface area (Å²) in [6.07, 6.45) is -0.656. The SMILES string of the molecule is Nc1nc(NCc2ccc(F)cc2)ccc1NC(=O)Oc1ccccc1. The molecule has 0 aliphatic rings. The molecule has 0 saturated heterocycles. The number of nitrogens with zero attached hydrogens (tertiary/aromatic N) is 1. The van der Waals surface area contributed by atoms with Crippen LogP contribution in [0.5, 0.6) is 5.75 Å². The number of nitrogens with one attached hydrogen (secondary N) is 2. The Kier molecular flexibility index (Phi) is 5.28. The Morgan fingerprint density at radius 3 is 2.46 bits per heavy atom. The summed E-state index contributed by atoms with van der Waals surface area (Å²) in [6.45, 7) is 0.468. The Hall–Kier alpha value is -3.61. The molecule has 1 aromatic heterocycles. The minimum Gasteiger partial charge on any atom is -0.410 e. The van der Waals surface area contributed by atoms with Crippen molar-refractivity contribution in [2.45, 2.75) is 6.54 Å². The van der Waals surface area contributed by atoms with Gasteiger partial charge in [0, 0.05) is 6.54 Å². The van der Waals surface area contributed by atoms with Gasteiger partial charge in [0.2, 0.25) is 0 Å². The van der Waals surface area contributed by atoms with Crippen molar-refractivity contribution in [3.63, 3.8) is 0 Å². The lowest BCUT2D eigenvalue weighted by molar-refractivity contribution is 0.215. The second-order valence-electron chi connectivity index (χ2n) is 5.44. The van der Waals surface area contributed by atoms with E-state index in [0.29, 0.717) is 23.8 Å². The molecule has 26 heavy (non-hydrogen) atoms. The van der Waals surface area contributed by atoms with Crippen molar-refractivity contribution in [2.24, 2.45) is 0 Å². The van der Waals surface area contributed by atoms with Gasteiger partial charge < -0.3 is 15.8 Å². The molecule has 2 aromatic carbocycles. The van der Waals surface area contributed by atoms with Gasteiger partial charge in [0.15, 0.2) is 0 Å². The van der Waals surface area contributed by atoms with Gasteiger partial charge in [-0.3, -0.25) is 5.32 Å². The number of halogens is 1. The van der Waals surface area contributed by atoms with Crippen LogP contribution in [-0.2, 0) is 6.54 Å². The van der Waals surface area contributed by atoms with Crippen molar-refractivity contribution in [3.05, 3.63) is 78.1 Å². The third-order valence-electron chi connectivity index (χ3n) is 3.50. The Bertz CT molecular complexity index is 886. The number of anilines is 3. The van der Waals surface area contributed by atoms with Crippen LogP contribution in [-0.4, -0.2) is 11.1 Å². The average Bonchev–Trinajstić information content (AvgIpc) is 2.64. The maximum atomic E-state index is 12.9. The molecule has 0 unspecified atom stereocenters. The van der Waals surface area contributed by atoms with Crippen LogP contribution >= 0.6 is 0 Å². The number of nitrogens with two attached hydrogens (primary N) is 1. The number of hydrogen-bond donors (Lipinski definition) is 3. The highest BCUT2D eigenvalue weighted by Gasteiger charge is 2.09. The zero-order valence-corrected chi connectivity index (χ0v) is 13.8. The van der Waals surface area contributed by atoms with Crippen LogP contribution in [0, 0.1) is 5.82 Å². The van der Waals surface area contributed by atoms with E-state index in [9.17, 15) is 9.18 Å². The third kappa shape index (κ3) is 4.70. The summed E-state index contributed by atoms with van der Waals surface area (Å²) in [6, 6.07) is 18.1. The molecular weight excluding hydrogens is 335 g/mol. The summed E-state index contributed by atoms with van der Waals surface area (Å²) >= 11 is 0. The Balaban J connectivity index is 1.58. The number of hydrogen-bond acceptors (Lipinski definition) is 5. The fraction of sp³-hybridized carbons (Fsp3) is 0.0526. The lowest BCUT2D eigenvalue weighted by atomic mass is 10.2. The summed E-state index contributed by atoms with van der Waals surface area (Å²) in [7, 11) is 0. The molecule has 0 saturated carbocycles. The second-order valence-corrected chi connectivity index (χ2v) is 5.44. The first-order chi connectivity index (χ1) is 12.6. The van der Waals surface area contributed by atoms with Crippen molar-refractivity contribution in [1.82, 2.24) is 4.98 Å². The van der Waals surface area contributed by atoms with Gasteiger partial charge in [-0.15, -0.1) is 0 Å². The summed E-state index contributed by atoms with van der Waals surface area (Å²) in [5.74, 6) is 0.830. The number of rotatable bonds is 5. The smallest absolute Gasteiger partial charge is 0.410 e. The molecule has 1 heterocycles. The first kappa shape index (κ1) is 17.2. The molecule has 132 valence electrons. The molecule has 6 nitrogen and oxygen atoms in total. The number of benzene rings is 2. The molecule has 1 amide bonds. The van der Waals surface area contributed by atoms with Gasteiger partial charge in [0.25, 0.3) is 0 Å². The van der Waals surface area contributed by atoms with Crippen molar-refractivity contribution in [1.29, 1.82) is 0 Å². The zero-order chi connectivity index (χ0) is 18.4. The molecule has 0 spiro atoms. The van der Waals surface area contributed by atoms with Crippen LogP contribution in [0.3, 0.4) is 0 Å². The number of pyridine rings is 1. The van der Waals surface area contributed by atoms with Crippen LogP contribution in [0.25, 0.3) is 0 Å². The Morgan fingerprint density at radius 2 is 1.77 bits per heavy atom. The molecule has 7 heteroatoms. The molecule has 3 aromatic rings. The molecule has 0 aliphatic carbocycles. The van der Waals surface area contributed by atoms with Gasteiger partial charge in [0.05, 0.1) is 5.69 Å². The molecule has 0 fully saturated rings. The minimum atomic E-state index is -0.656. The van der Waals surface area contributed by atoms with Crippen LogP contribution in [0.4, 0.5) is 26.5 Å². The summed E-state index contributed by atoms with van der Waals surface area (Å²) in [5, 5.41) is 5.63. The highest BCUT2D eigenvalue weighted by atomic mass is 19.1. The number of para-hydroxylation sites is 1. The maximum Gasteiger partial charge on any atom is 0.417 e. The van der Waals surface area contributed by atoms with Crippen molar-refractivity contribution >= 4 is 23.4 Å². The van der Waals surface area contributed by atoms with Gasteiger partial charge in [-0.05, 0) is 42.0 Å². The standard InChI is InChI=1S/C19H17FN4O2/c20-14-8-6-13(7-9-14)12-22-17-11-10-16(18(21)24-17)23-19(25)26-15-4-2-1-3-5-15/h1-11H,12H2,(H,23,25)(H3,21,22,24). The third-order valence-corrected chi connectivity index (χ3v) is 3.50. The van der Waals surface area contributed by atoms with Crippen molar-refractivity contribution in [2.75, 3.05) is 16.4 Å². The first-order valence-corrected chi connectivity index (χ1v) is 7.89. The van der Waals surface area contributed by atoms with Gasteiger partial charge in [-0.25, -0.2) is 14.2 Å². The topological polar surface area (TPSA) is 89.3 Å². The van der Waals surface area contributed by atoms with E-state index in [2.05, 4.69) is 15.6 Å². The Labute approximate surface area is 149 Å². The quantitative estimate of drug-likeness (QED) is 0.645. The fourth-order valence-electron chi connectivity index (χ4n) is 2.20. The number of amides is 1. The predicted octanol–water partition coefficient (Wildman–Crippen LogP) is 4.03. The fourth-order valence-corrected chi connectivity index (χ4v) is 2.20. The van der Waals surface area contributed by atoms with E-state index in [1.807, 2.05) is 6.07 Å².